The van der Waals surface area contributed by atoms with Crippen LogP contribution >= 0.6 is 15.9 Å². The van der Waals surface area contributed by atoms with Crippen LogP contribution in [-0.2, 0) is 35.1 Å². The van der Waals surface area contributed by atoms with Gasteiger partial charge in [0.2, 0.25) is 0 Å². The molecule has 248 valence electrons. The van der Waals surface area contributed by atoms with Gasteiger partial charge < -0.3 is 14.7 Å². The molecule has 0 aliphatic rings. The summed E-state index contributed by atoms with van der Waals surface area (Å²) in [6, 6.07) is 35.7. The van der Waals surface area contributed by atoms with Crippen molar-refractivity contribution in [2.24, 2.45) is 0 Å². The van der Waals surface area contributed by atoms with E-state index in [-0.39, 0.29) is 23.2 Å². The second-order valence-electron chi connectivity index (χ2n) is 14.5. The van der Waals surface area contributed by atoms with Crippen LogP contribution in [0.25, 0.3) is 10.8 Å². The van der Waals surface area contributed by atoms with Crippen molar-refractivity contribution in [2.75, 3.05) is 0 Å². The van der Waals surface area contributed by atoms with Gasteiger partial charge in [0.25, 0.3) is 5.91 Å². The molecule has 0 heterocycles. The van der Waals surface area contributed by atoms with E-state index in [1.807, 2.05) is 83.8 Å². The van der Waals surface area contributed by atoms with Gasteiger partial charge in [0, 0.05) is 25.1 Å². The van der Waals surface area contributed by atoms with E-state index in [4.69, 9.17) is 4.74 Å². The molecule has 5 aromatic carbocycles. The van der Waals surface area contributed by atoms with Crippen molar-refractivity contribution >= 4 is 38.6 Å². The van der Waals surface area contributed by atoms with E-state index in [1.54, 1.807) is 6.07 Å². The first-order chi connectivity index (χ1) is 22.7. The number of carboxylic acid groups (broad SMARTS) is 1. The molecule has 0 spiro atoms. The van der Waals surface area contributed by atoms with Crippen LogP contribution < -0.4 is 4.74 Å². The third-order valence-electron chi connectivity index (χ3n) is 8.58. The topological polar surface area (TPSA) is 66.8 Å². The number of carboxylic acids is 1. The van der Waals surface area contributed by atoms with Crippen LogP contribution in [0.15, 0.2) is 114 Å². The van der Waals surface area contributed by atoms with Crippen molar-refractivity contribution in [3.8, 4) is 5.75 Å². The molecule has 48 heavy (non-hydrogen) atoms. The molecule has 1 N–H and O–H groups in total. The molecule has 0 bridgehead atoms. The normalized spacial score (nSPS) is 12.5. The summed E-state index contributed by atoms with van der Waals surface area (Å²) in [6.45, 7) is 14.0. The van der Waals surface area contributed by atoms with E-state index >= 15 is 0 Å². The number of carbonyl (C=O) groups is 2. The number of fused-ring (bicyclic) bond motifs is 1. The minimum Gasteiger partial charge on any atom is -0.478 e. The summed E-state index contributed by atoms with van der Waals surface area (Å²) < 4.78 is 6.72. The van der Waals surface area contributed by atoms with Gasteiger partial charge in [-0.1, -0.05) is 126 Å². The van der Waals surface area contributed by atoms with Crippen molar-refractivity contribution in [1.29, 1.82) is 0 Å². The molecule has 0 aliphatic carbocycles. The minimum absolute atomic E-state index is 0.0152. The Balaban J connectivity index is 1.46. The molecular formula is C42H44BrNO4. The summed E-state index contributed by atoms with van der Waals surface area (Å²) in [7, 11) is 0. The van der Waals surface area contributed by atoms with Crippen LogP contribution in [0.5, 0.6) is 5.75 Å². The van der Waals surface area contributed by atoms with E-state index in [9.17, 15) is 14.7 Å². The minimum atomic E-state index is -1.03. The molecule has 5 aromatic rings. The molecule has 0 aliphatic heterocycles. The molecule has 0 saturated heterocycles. The first-order valence-corrected chi connectivity index (χ1v) is 17.1. The number of rotatable bonds is 10. The first kappa shape index (κ1) is 34.9. The van der Waals surface area contributed by atoms with Crippen molar-refractivity contribution in [3.05, 3.63) is 147 Å². The number of amides is 1. The quantitative estimate of drug-likeness (QED) is 0.157. The second kappa shape index (κ2) is 14.4. The summed E-state index contributed by atoms with van der Waals surface area (Å²) in [5.74, 6) is -0.571. The molecular weight excluding hydrogens is 662 g/mol. The summed E-state index contributed by atoms with van der Waals surface area (Å²) in [6.07, 6.45) is -0.783. The smallest absolute Gasteiger partial charge is 0.345 e. The first-order valence-electron chi connectivity index (χ1n) is 16.3. The predicted molar refractivity (Wildman–Crippen MR) is 198 cm³/mol. The Morgan fingerprint density at radius 1 is 0.708 bits per heavy atom. The van der Waals surface area contributed by atoms with Gasteiger partial charge in [-0.15, -0.1) is 0 Å². The number of benzene rings is 5. The fourth-order valence-electron chi connectivity index (χ4n) is 5.69. The van der Waals surface area contributed by atoms with Crippen LogP contribution in [-0.4, -0.2) is 28.0 Å². The van der Waals surface area contributed by atoms with Gasteiger partial charge in [-0.05, 0) is 89.6 Å². The highest BCUT2D eigenvalue weighted by Crippen LogP contribution is 2.35. The SMILES string of the molecule is CC(C)(C)c1cc(C(=O)N(Cc2ccccc2)Cc2ccc3c(Br)c(OC(Cc4ccccc4)C(=O)O)ccc3c2)cc(C(C)(C)C)c1. The Morgan fingerprint density at radius 2 is 1.27 bits per heavy atom. The fraction of sp³-hybridized carbons (Fsp3) is 0.286. The van der Waals surface area contributed by atoms with Gasteiger partial charge in [-0.25, -0.2) is 4.79 Å². The Morgan fingerprint density at radius 3 is 1.83 bits per heavy atom. The van der Waals surface area contributed by atoms with Crippen LogP contribution in [0.2, 0.25) is 0 Å². The maximum Gasteiger partial charge on any atom is 0.345 e. The second-order valence-corrected chi connectivity index (χ2v) is 15.3. The van der Waals surface area contributed by atoms with Crippen LogP contribution in [0, 0.1) is 0 Å². The van der Waals surface area contributed by atoms with Gasteiger partial charge in [0.15, 0.2) is 6.10 Å². The lowest BCUT2D eigenvalue weighted by atomic mass is 9.79. The summed E-state index contributed by atoms with van der Waals surface area (Å²) in [5.41, 5.74) is 5.69. The average molecular weight is 707 g/mol. The molecule has 1 amide bonds. The molecule has 5 nitrogen and oxygen atoms in total. The van der Waals surface area contributed by atoms with Gasteiger partial charge in [-0.3, -0.25) is 4.79 Å². The lowest BCUT2D eigenvalue weighted by molar-refractivity contribution is -0.145. The summed E-state index contributed by atoms with van der Waals surface area (Å²) >= 11 is 3.68. The number of ether oxygens (including phenoxy) is 1. The number of nitrogens with zero attached hydrogens (tertiary/aromatic N) is 1. The Kier molecular flexibility index (Phi) is 10.4. The predicted octanol–water partition coefficient (Wildman–Crippen LogP) is 10.1. The number of aliphatic carboxylic acids is 1. The monoisotopic (exact) mass is 705 g/mol. The van der Waals surface area contributed by atoms with E-state index in [0.717, 1.165) is 38.6 Å². The number of halogens is 1. The highest BCUT2D eigenvalue weighted by molar-refractivity contribution is 9.10. The molecule has 6 heteroatoms. The average Bonchev–Trinajstić information content (AvgIpc) is 3.05. The van der Waals surface area contributed by atoms with Gasteiger partial charge in [0.05, 0.1) is 4.47 Å². The highest BCUT2D eigenvalue weighted by atomic mass is 79.9. The van der Waals surface area contributed by atoms with Gasteiger partial charge in [-0.2, -0.15) is 0 Å². The Hall–Kier alpha value is -4.42. The zero-order valence-corrected chi connectivity index (χ0v) is 30.2. The van der Waals surface area contributed by atoms with Crippen LogP contribution in [0.1, 0.15) is 79.7 Å². The molecule has 0 aromatic heterocycles. The number of hydrogen-bond donors (Lipinski definition) is 1. The van der Waals surface area contributed by atoms with Crippen molar-refractivity contribution in [2.45, 2.75) is 78.0 Å². The molecule has 0 radical (unpaired) electrons. The number of hydrogen-bond acceptors (Lipinski definition) is 3. The van der Waals surface area contributed by atoms with Crippen molar-refractivity contribution in [3.63, 3.8) is 0 Å². The fourth-order valence-corrected chi connectivity index (χ4v) is 6.28. The maximum atomic E-state index is 14.4. The molecule has 0 fully saturated rings. The third kappa shape index (κ3) is 8.53. The maximum absolute atomic E-state index is 14.4. The largest absolute Gasteiger partial charge is 0.478 e. The Labute approximate surface area is 292 Å². The number of carbonyl (C=O) groups excluding carboxylic acids is 1. The lowest BCUT2D eigenvalue weighted by Gasteiger charge is -2.28. The standard InChI is InChI=1S/C42H44BrNO4/c1-41(2,3)33-23-32(24-34(25-33)42(4,5)6)39(45)44(26-29-15-11-8-12-16-29)27-30-17-19-35-31(21-30)18-20-36(38(35)43)48-37(40(46)47)22-28-13-9-7-10-14-28/h7-21,23-25,37H,22,26-27H2,1-6H3,(H,46,47). The lowest BCUT2D eigenvalue weighted by Crippen LogP contribution is -2.31. The third-order valence-corrected chi connectivity index (χ3v) is 9.40. The van der Waals surface area contributed by atoms with E-state index in [1.165, 1.54) is 0 Å². The van der Waals surface area contributed by atoms with Crippen molar-refractivity contribution in [1.82, 2.24) is 4.90 Å². The van der Waals surface area contributed by atoms with Crippen LogP contribution in [0.4, 0.5) is 0 Å². The highest BCUT2D eigenvalue weighted by Gasteiger charge is 2.25. The zero-order valence-electron chi connectivity index (χ0n) is 28.6. The zero-order chi connectivity index (χ0) is 34.6. The summed E-state index contributed by atoms with van der Waals surface area (Å²) in [5, 5.41) is 11.7. The molecule has 1 atom stereocenters. The summed E-state index contributed by atoms with van der Waals surface area (Å²) in [4.78, 5) is 28.4. The van der Waals surface area contributed by atoms with Gasteiger partial charge in [0.1, 0.15) is 5.75 Å². The van der Waals surface area contributed by atoms with Crippen molar-refractivity contribution < 1.29 is 19.4 Å². The van der Waals surface area contributed by atoms with E-state index in [2.05, 4.69) is 81.7 Å². The Bertz CT molecular complexity index is 1870. The molecule has 1 unspecified atom stereocenters. The molecule has 5 rings (SSSR count). The van der Waals surface area contributed by atoms with E-state index < -0.39 is 12.1 Å². The van der Waals surface area contributed by atoms with Gasteiger partial charge >= 0.3 is 5.97 Å². The van der Waals surface area contributed by atoms with E-state index in [0.29, 0.717) is 28.9 Å². The molecule has 0 saturated carbocycles. The van der Waals surface area contributed by atoms with Crippen LogP contribution in [0.3, 0.4) is 0 Å².